The number of likely N-dealkylation sites (tertiary alicyclic amines) is 1. The molecule has 3 saturated heterocycles. The van der Waals surface area contributed by atoms with Gasteiger partial charge in [-0.15, -0.1) is 11.7 Å². The van der Waals surface area contributed by atoms with Crippen molar-refractivity contribution in [3.05, 3.63) is 36.9 Å². The number of aromatic nitrogens is 3. The number of aliphatic hydroxyl groups excluding tert-OH is 1. The summed E-state index contributed by atoms with van der Waals surface area (Å²) in [6.45, 7) is 3.56. The van der Waals surface area contributed by atoms with Gasteiger partial charge < -0.3 is 24.7 Å². The highest BCUT2D eigenvalue weighted by molar-refractivity contribution is 5.98. The van der Waals surface area contributed by atoms with E-state index in [1.165, 1.54) is 9.80 Å². The van der Waals surface area contributed by atoms with Gasteiger partial charge in [0.2, 0.25) is 11.8 Å². The number of nitrogens with zero attached hydrogens (tertiary/aromatic N) is 5. The summed E-state index contributed by atoms with van der Waals surface area (Å²) in [6, 6.07) is 6.32. The van der Waals surface area contributed by atoms with Crippen molar-refractivity contribution in [3.8, 4) is 0 Å². The van der Waals surface area contributed by atoms with Crippen molar-refractivity contribution in [1.82, 2.24) is 24.8 Å². The van der Waals surface area contributed by atoms with E-state index >= 15 is 0 Å². The van der Waals surface area contributed by atoms with Crippen LogP contribution in [0.1, 0.15) is 12.8 Å². The highest BCUT2D eigenvalue weighted by atomic mass is 16.5. The molecule has 5 rings (SSSR count). The van der Waals surface area contributed by atoms with Gasteiger partial charge in [-0.2, -0.15) is 0 Å². The van der Waals surface area contributed by atoms with E-state index in [9.17, 15) is 24.6 Å². The maximum absolute atomic E-state index is 13.9. The van der Waals surface area contributed by atoms with Crippen LogP contribution in [0.4, 0.5) is 0 Å². The van der Waals surface area contributed by atoms with E-state index in [0.29, 0.717) is 18.4 Å². The number of hydrogen-bond acceptors (Lipinski definition) is 7. The van der Waals surface area contributed by atoms with Gasteiger partial charge in [0.1, 0.15) is 23.8 Å². The number of ether oxygens (including phenoxy) is 1. The van der Waals surface area contributed by atoms with Crippen molar-refractivity contribution in [2.24, 2.45) is 11.8 Å². The van der Waals surface area contributed by atoms with E-state index in [1.54, 1.807) is 10.8 Å². The molecule has 2 bridgehead atoms. The zero-order chi connectivity index (χ0) is 23.3. The Kier molecular flexibility index (Phi) is 5.17. The topological polar surface area (TPSA) is 138 Å². The fourth-order valence-electron chi connectivity index (χ4n) is 5.79. The monoisotopic (exact) mass is 455 g/mol. The minimum atomic E-state index is -1.22. The third kappa shape index (κ3) is 3.06. The Morgan fingerprint density at radius 3 is 2.88 bits per heavy atom. The van der Waals surface area contributed by atoms with E-state index in [2.05, 4.69) is 16.9 Å². The van der Waals surface area contributed by atoms with Gasteiger partial charge in [-0.05, 0) is 25.0 Å². The molecule has 2 unspecified atom stereocenters. The molecule has 11 heteroatoms. The number of amides is 2. The average Bonchev–Trinajstić information content (AvgIpc) is 3.54. The fourth-order valence-corrected chi connectivity index (χ4v) is 5.79. The molecule has 2 aromatic rings. The summed E-state index contributed by atoms with van der Waals surface area (Å²) >= 11 is 0. The number of rotatable bonds is 8. The minimum Gasteiger partial charge on any atom is -0.481 e. The van der Waals surface area contributed by atoms with Crippen LogP contribution in [-0.2, 0) is 25.8 Å². The molecule has 3 aliphatic heterocycles. The molecular formula is C22H25N5O6. The minimum absolute atomic E-state index is 0.0650. The van der Waals surface area contributed by atoms with Crippen molar-refractivity contribution in [2.75, 3.05) is 19.7 Å². The molecule has 0 aliphatic carbocycles. The summed E-state index contributed by atoms with van der Waals surface area (Å²) in [7, 11) is 0. The first-order chi connectivity index (χ1) is 15.9. The lowest BCUT2D eigenvalue weighted by Gasteiger charge is -2.36. The Labute approximate surface area is 189 Å². The lowest BCUT2D eigenvalue weighted by Crippen LogP contribution is -2.56. The zero-order valence-corrected chi connectivity index (χ0v) is 17.9. The molecule has 3 fully saturated rings. The largest absolute Gasteiger partial charge is 0.481 e. The molecule has 1 aromatic carbocycles. The van der Waals surface area contributed by atoms with Gasteiger partial charge in [0, 0.05) is 13.1 Å². The van der Waals surface area contributed by atoms with E-state index in [4.69, 9.17) is 4.74 Å². The van der Waals surface area contributed by atoms with E-state index in [-0.39, 0.29) is 26.4 Å². The van der Waals surface area contributed by atoms with Crippen LogP contribution in [0.25, 0.3) is 11.0 Å². The first-order valence-corrected chi connectivity index (χ1v) is 10.9. The number of carboxylic acids is 1. The molecule has 2 amide bonds. The van der Waals surface area contributed by atoms with Gasteiger partial charge in [0.25, 0.3) is 0 Å². The van der Waals surface area contributed by atoms with E-state index < -0.39 is 47.4 Å². The van der Waals surface area contributed by atoms with Gasteiger partial charge in [-0.1, -0.05) is 23.4 Å². The molecule has 0 saturated carbocycles. The third-order valence-corrected chi connectivity index (χ3v) is 7.05. The van der Waals surface area contributed by atoms with Crippen molar-refractivity contribution >= 4 is 28.8 Å². The number of para-hydroxylation sites is 1. The molecular weight excluding hydrogens is 430 g/mol. The van der Waals surface area contributed by atoms with Crippen LogP contribution in [-0.4, -0.2) is 90.2 Å². The number of carbonyl (C=O) groups excluding carboxylic acids is 2. The van der Waals surface area contributed by atoms with Crippen LogP contribution in [0.15, 0.2) is 36.9 Å². The zero-order valence-electron chi connectivity index (χ0n) is 17.9. The predicted octanol–water partition coefficient (Wildman–Crippen LogP) is -0.145. The fraction of sp³-hybridized carbons (Fsp3) is 0.500. The number of fused-ring (bicyclic) bond motifs is 2. The highest BCUT2D eigenvalue weighted by Crippen LogP contribution is 2.58. The van der Waals surface area contributed by atoms with Crippen LogP contribution >= 0.6 is 0 Å². The normalized spacial score (nSPS) is 30.1. The second-order valence-electron chi connectivity index (χ2n) is 8.72. The Morgan fingerprint density at radius 1 is 1.36 bits per heavy atom. The molecule has 1 spiro atoms. The van der Waals surface area contributed by atoms with Crippen LogP contribution in [0, 0.1) is 11.8 Å². The first kappa shape index (κ1) is 21.5. The van der Waals surface area contributed by atoms with E-state index in [0.717, 1.165) is 5.52 Å². The molecule has 0 radical (unpaired) electrons. The second-order valence-corrected chi connectivity index (χ2v) is 8.72. The number of β-amino-alcohol motifs (C(OH)–C–C–N with tert-alkyl or cyclic N) is 1. The Morgan fingerprint density at radius 2 is 2.15 bits per heavy atom. The van der Waals surface area contributed by atoms with Crippen LogP contribution in [0.3, 0.4) is 0 Å². The third-order valence-electron chi connectivity index (χ3n) is 7.05. The van der Waals surface area contributed by atoms with Crippen molar-refractivity contribution in [2.45, 2.75) is 37.3 Å². The Hall–Kier alpha value is -3.31. The summed E-state index contributed by atoms with van der Waals surface area (Å²) in [6.07, 6.45) is 1.85. The smallest absolute Gasteiger partial charge is 0.310 e. The average molecular weight is 455 g/mol. The lowest BCUT2D eigenvalue weighted by atomic mass is 9.70. The summed E-state index contributed by atoms with van der Waals surface area (Å²) in [5, 5.41) is 27.7. The summed E-state index contributed by atoms with van der Waals surface area (Å²) in [4.78, 5) is 42.0. The molecule has 2 N–H and O–H groups in total. The van der Waals surface area contributed by atoms with Gasteiger partial charge in [-0.3, -0.25) is 14.4 Å². The SMILES string of the molecule is C=CCN(Cn1nnc2ccccc21)C(=O)C1N(CCO)C(=O)[C@@H]2[C@@H](C(=O)O)[C@H]3CCC12O3. The molecule has 1 aromatic heterocycles. The van der Waals surface area contributed by atoms with Gasteiger partial charge in [0.05, 0.1) is 30.1 Å². The molecule has 4 heterocycles. The summed E-state index contributed by atoms with van der Waals surface area (Å²) in [5.74, 6) is -3.91. The molecule has 33 heavy (non-hydrogen) atoms. The maximum Gasteiger partial charge on any atom is 0.310 e. The van der Waals surface area contributed by atoms with Gasteiger partial charge >= 0.3 is 5.97 Å². The standard InChI is InChI=1S/C22H25N5O6/c1-2-9-25(12-27-14-6-4-3-5-13(14)23-24-27)20(30)18-22-8-7-15(33-22)16(21(31)32)17(22)19(29)26(18)10-11-28/h2-6,15-18,28H,1,7-12H2,(H,31,32)/t15-,16+,17+,18?,22?/m1/s1. The quantitative estimate of drug-likeness (QED) is 0.525. The number of hydrogen-bond donors (Lipinski definition) is 2. The summed E-state index contributed by atoms with van der Waals surface area (Å²) in [5.41, 5.74) is 0.206. The first-order valence-electron chi connectivity index (χ1n) is 10.9. The number of benzene rings is 1. The number of carboxylic acid groups (broad SMARTS) is 1. The molecule has 3 aliphatic rings. The number of aliphatic hydroxyl groups is 1. The molecule has 11 nitrogen and oxygen atoms in total. The van der Waals surface area contributed by atoms with Crippen LogP contribution in [0.5, 0.6) is 0 Å². The maximum atomic E-state index is 13.9. The Bertz CT molecular complexity index is 1130. The number of carbonyl (C=O) groups is 3. The van der Waals surface area contributed by atoms with Crippen molar-refractivity contribution in [1.29, 1.82) is 0 Å². The number of aliphatic carboxylic acids is 1. The van der Waals surface area contributed by atoms with Crippen molar-refractivity contribution < 1.29 is 29.3 Å². The summed E-state index contributed by atoms with van der Waals surface area (Å²) < 4.78 is 7.73. The highest BCUT2D eigenvalue weighted by Gasteiger charge is 2.74. The van der Waals surface area contributed by atoms with Gasteiger partial charge in [-0.25, -0.2) is 4.68 Å². The lowest BCUT2D eigenvalue weighted by molar-refractivity contribution is -0.151. The molecule has 174 valence electrons. The van der Waals surface area contributed by atoms with E-state index in [1.807, 2.05) is 24.3 Å². The van der Waals surface area contributed by atoms with Crippen molar-refractivity contribution in [3.63, 3.8) is 0 Å². The van der Waals surface area contributed by atoms with Crippen LogP contribution < -0.4 is 0 Å². The van der Waals surface area contributed by atoms with Crippen LogP contribution in [0.2, 0.25) is 0 Å². The predicted molar refractivity (Wildman–Crippen MR) is 113 cm³/mol. The second kappa shape index (κ2) is 7.92. The molecule has 5 atom stereocenters. The Balaban J connectivity index is 1.52. The van der Waals surface area contributed by atoms with Gasteiger partial charge in [0.15, 0.2) is 0 Å².